The van der Waals surface area contributed by atoms with Crippen molar-refractivity contribution in [1.82, 2.24) is 0 Å². The summed E-state index contributed by atoms with van der Waals surface area (Å²) in [7, 11) is 0. The second kappa shape index (κ2) is 6.82. The first kappa shape index (κ1) is 19.3. The second-order valence-corrected chi connectivity index (χ2v) is 4.62. The SMILES string of the molecule is C/C(N)=C(/C#N)C(=O)COc1cc(C(F)(F)F)cc(C(F)(F)F)c1. The Morgan fingerprint density at radius 1 is 1.12 bits per heavy atom. The molecule has 0 aliphatic heterocycles. The van der Waals surface area contributed by atoms with Crippen LogP contribution in [0.2, 0.25) is 0 Å². The molecule has 4 nitrogen and oxygen atoms in total. The van der Waals surface area contributed by atoms with Crippen LogP contribution in [0.25, 0.3) is 0 Å². The third-order valence-corrected chi connectivity index (χ3v) is 2.72. The van der Waals surface area contributed by atoms with Gasteiger partial charge in [0.1, 0.15) is 17.4 Å². The molecule has 0 unspecified atom stereocenters. The van der Waals surface area contributed by atoms with Crippen LogP contribution >= 0.6 is 0 Å². The van der Waals surface area contributed by atoms with Crippen molar-refractivity contribution in [2.24, 2.45) is 5.73 Å². The van der Waals surface area contributed by atoms with Crippen molar-refractivity contribution in [3.05, 3.63) is 40.6 Å². The van der Waals surface area contributed by atoms with Gasteiger partial charge in [-0.1, -0.05) is 0 Å². The van der Waals surface area contributed by atoms with E-state index >= 15 is 0 Å². The van der Waals surface area contributed by atoms with E-state index in [-0.39, 0.29) is 11.8 Å². The molecule has 1 rings (SSSR count). The van der Waals surface area contributed by atoms with Crippen LogP contribution in [0.1, 0.15) is 18.1 Å². The van der Waals surface area contributed by atoms with E-state index in [0.29, 0.717) is 12.1 Å². The average Bonchev–Trinajstić information content (AvgIpc) is 2.43. The van der Waals surface area contributed by atoms with Gasteiger partial charge in [-0.25, -0.2) is 0 Å². The molecule has 0 amide bonds. The molecule has 0 heterocycles. The van der Waals surface area contributed by atoms with Crippen molar-refractivity contribution in [3.8, 4) is 11.8 Å². The van der Waals surface area contributed by atoms with Crippen molar-refractivity contribution in [1.29, 1.82) is 5.26 Å². The molecule has 24 heavy (non-hydrogen) atoms. The van der Waals surface area contributed by atoms with Gasteiger partial charge in [0.25, 0.3) is 0 Å². The topological polar surface area (TPSA) is 76.1 Å². The molecule has 1 aromatic carbocycles. The summed E-state index contributed by atoms with van der Waals surface area (Å²) in [5.74, 6) is -1.78. The quantitative estimate of drug-likeness (QED) is 0.512. The molecule has 0 saturated carbocycles. The highest BCUT2D eigenvalue weighted by molar-refractivity contribution is 6.00. The zero-order valence-electron chi connectivity index (χ0n) is 12.0. The lowest BCUT2D eigenvalue weighted by Gasteiger charge is -2.14. The van der Waals surface area contributed by atoms with Gasteiger partial charge >= 0.3 is 12.4 Å². The Bertz CT molecular complexity index is 677. The average molecular weight is 352 g/mol. The third-order valence-electron chi connectivity index (χ3n) is 2.72. The van der Waals surface area contributed by atoms with Gasteiger partial charge < -0.3 is 10.5 Å². The number of rotatable bonds is 4. The van der Waals surface area contributed by atoms with Crippen LogP contribution in [0.3, 0.4) is 0 Å². The van der Waals surface area contributed by atoms with Crippen LogP contribution in [0.5, 0.6) is 5.75 Å². The number of benzene rings is 1. The Morgan fingerprint density at radius 3 is 1.92 bits per heavy atom. The van der Waals surface area contributed by atoms with E-state index in [1.165, 1.54) is 13.0 Å². The number of nitrogens with two attached hydrogens (primary N) is 1. The van der Waals surface area contributed by atoms with E-state index in [1.807, 2.05) is 0 Å². The fourth-order valence-electron chi connectivity index (χ4n) is 1.60. The molecule has 0 atom stereocenters. The van der Waals surface area contributed by atoms with Crippen molar-refractivity contribution >= 4 is 5.78 Å². The van der Waals surface area contributed by atoms with Crippen molar-refractivity contribution in [3.63, 3.8) is 0 Å². The fourth-order valence-corrected chi connectivity index (χ4v) is 1.60. The van der Waals surface area contributed by atoms with Crippen LogP contribution in [0.4, 0.5) is 26.3 Å². The Hall–Kier alpha value is -2.70. The van der Waals surface area contributed by atoms with E-state index in [1.54, 1.807) is 0 Å². The van der Waals surface area contributed by atoms with Gasteiger partial charge in [-0.3, -0.25) is 4.79 Å². The Morgan fingerprint density at radius 2 is 1.58 bits per heavy atom. The lowest BCUT2D eigenvalue weighted by Crippen LogP contribution is -2.17. The molecule has 1 aromatic rings. The van der Waals surface area contributed by atoms with Gasteiger partial charge in [-0.15, -0.1) is 0 Å². The van der Waals surface area contributed by atoms with E-state index in [9.17, 15) is 31.1 Å². The van der Waals surface area contributed by atoms with Gasteiger partial charge in [-0.2, -0.15) is 31.6 Å². The molecular weight excluding hydrogens is 342 g/mol. The van der Waals surface area contributed by atoms with Crippen molar-refractivity contribution in [2.75, 3.05) is 6.61 Å². The van der Waals surface area contributed by atoms with Gasteiger partial charge in [-0.05, 0) is 25.1 Å². The standard InChI is InChI=1S/C14H10F6N2O2/c1-7(22)11(5-21)12(23)6-24-10-3-8(13(15,16)17)2-9(4-10)14(18,19)20/h2-4H,6,22H2,1H3/b11-7+. The fraction of sp³-hybridized carbons (Fsp3) is 0.286. The predicted octanol–water partition coefficient (Wildman–Crippen LogP) is 3.43. The second-order valence-electron chi connectivity index (χ2n) is 4.62. The summed E-state index contributed by atoms with van der Waals surface area (Å²) in [5, 5.41) is 8.70. The first-order valence-corrected chi connectivity index (χ1v) is 6.18. The maximum atomic E-state index is 12.7. The van der Waals surface area contributed by atoms with Crippen LogP contribution in [0, 0.1) is 11.3 Å². The number of hydrogen-bond donors (Lipinski definition) is 1. The number of ketones is 1. The molecule has 2 N–H and O–H groups in total. The molecule has 0 radical (unpaired) electrons. The highest BCUT2D eigenvalue weighted by atomic mass is 19.4. The first-order chi connectivity index (χ1) is 10.9. The van der Waals surface area contributed by atoms with E-state index < -0.39 is 47.2 Å². The van der Waals surface area contributed by atoms with Crippen LogP contribution < -0.4 is 10.5 Å². The summed E-state index contributed by atoms with van der Waals surface area (Å²) in [6.07, 6.45) is -10.1. The summed E-state index contributed by atoms with van der Waals surface area (Å²) < 4.78 is 80.7. The highest BCUT2D eigenvalue weighted by Gasteiger charge is 2.37. The maximum Gasteiger partial charge on any atom is 0.416 e. The smallest absolute Gasteiger partial charge is 0.416 e. The number of nitriles is 1. The van der Waals surface area contributed by atoms with Gasteiger partial charge in [0, 0.05) is 5.70 Å². The summed E-state index contributed by atoms with van der Waals surface area (Å²) >= 11 is 0. The van der Waals surface area contributed by atoms with Crippen LogP contribution in [-0.4, -0.2) is 12.4 Å². The number of alkyl halides is 6. The van der Waals surface area contributed by atoms with Gasteiger partial charge in [0.05, 0.1) is 11.1 Å². The molecule has 0 saturated heterocycles. The van der Waals surface area contributed by atoms with Crippen LogP contribution in [0.15, 0.2) is 29.5 Å². The largest absolute Gasteiger partial charge is 0.485 e. The number of carbonyl (C=O) groups is 1. The Kier molecular flexibility index (Phi) is 5.50. The summed E-state index contributed by atoms with van der Waals surface area (Å²) in [5.41, 5.74) is 1.47. The molecule has 130 valence electrons. The Labute approximate surface area is 132 Å². The number of ether oxygens (including phenoxy) is 1. The van der Waals surface area contributed by atoms with Gasteiger partial charge in [0.15, 0.2) is 6.61 Å². The number of carbonyl (C=O) groups excluding carboxylic acids is 1. The highest BCUT2D eigenvalue weighted by Crippen LogP contribution is 2.38. The van der Waals surface area contributed by atoms with E-state index in [4.69, 9.17) is 11.0 Å². The molecule has 0 spiro atoms. The minimum Gasteiger partial charge on any atom is -0.485 e. The number of hydrogen-bond acceptors (Lipinski definition) is 4. The summed E-state index contributed by atoms with van der Waals surface area (Å²) in [6.45, 7) is 0.304. The molecule has 0 fully saturated rings. The monoisotopic (exact) mass is 352 g/mol. The maximum absolute atomic E-state index is 12.7. The van der Waals surface area contributed by atoms with Gasteiger partial charge in [0.2, 0.25) is 5.78 Å². The van der Waals surface area contributed by atoms with Crippen molar-refractivity contribution in [2.45, 2.75) is 19.3 Å². The van der Waals surface area contributed by atoms with Crippen molar-refractivity contribution < 1.29 is 35.9 Å². The lowest BCUT2D eigenvalue weighted by molar-refractivity contribution is -0.143. The number of halogens is 6. The van der Waals surface area contributed by atoms with Crippen LogP contribution in [-0.2, 0) is 17.1 Å². The summed E-state index contributed by atoms with van der Waals surface area (Å²) in [6, 6.07) is 2.06. The first-order valence-electron chi connectivity index (χ1n) is 6.18. The van der Waals surface area contributed by atoms with E-state index in [2.05, 4.69) is 4.74 Å². The number of nitrogens with zero attached hydrogens (tertiary/aromatic N) is 1. The number of Topliss-reactive ketones (excluding diaryl/α,β-unsaturated/α-hetero) is 1. The molecule has 0 aliphatic rings. The summed E-state index contributed by atoms with van der Waals surface area (Å²) in [4.78, 5) is 11.6. The lowest BCUT2D eigenvalue weighted by atomic mass is 10.1. The molecule has 0 aliphatic carbocycles. The third kappa shape index (κ3) is 4.91. The zero-order chi connectivity index (χ0) is 18.7. The zero-order valence-corrected chi connectivity index (χ0v) is 12.0. The predicted molar refractivity (Wildman–Crippen MR) is 69.4 cm³/mol. The minimum atomic E-state index is -5.03. The minimum absolute atomic E-state index is 0.0701. The Balaban J connectivity index is 3.15. The molecular formula is C14H10F6N2O2. The normalized spacial score (nSPS) is 13.1. The van der Waals surface area contributed by atoms with E-state index in [0.717, 1.165) is 0 Å². The molecule has 10 heteroatoms. The molecule has 0 aromatic heterocycles. The molecule has 0 bridgehead atoms. The number of allylic oxidation sites excluding steroid dienone is 1.